The van der Waals surface area contributed by atoms with Gasteiger partial charge in [0.1, 0.15) is 0 Å². The van der Waals surface area contributed by atoms with E-state index in [1.807, 2.05) is 6.07 Å². The molecular formula is C25H30ClN3O4S. The van der Waals surface area contributed by atoms with Crippen LogP contribution in [-0.4, -0.2) is 54.9 Å². The van der Waals surface area contributed by atoms with Gasteiger partial charge in [0.25, 0.3) is 10.2 Å². The fourth-order valence-corrected chi connectivity index (χ4v) is 6.44. The highest BCUT2D eigenvalue weighted by atomic mass is 35.5. The van der Waals surface area contributed by atoms with Gasteiger partial charge in [0, 0.05) is 42.3 Å². The third-order valence-electron chi connectivity index (χ3n) is 6.67. The second kappa shape index (κ2) is 10.6. The van der Waals surface area contributed by atoms with Gasteiger partial charge in [-0.25, -0.2) is 0 Å². The zero-order valence-electron chi connectivity index (χ0n) is 19.2. The van der Waals surface area contributed by atoms with Crippen molar-refractivity contribution in [2.24, 2.45) is 11.8 Å². The van der Waals surface area contributed by atoms with Gasteiger partial charge in [0.05, 0.1) is 11.6 Å². The van der Waals surface area contributed by atoms with E-state index in [1.54, 1.807) is 46.8 Å². The summed E-state index contributed by atoms with van der Waals surface area (Å²) in [6, 6.07) is 13.6. The zero-order chi connectivity index (χ0) is 24.3. The monoisotopic (exact) mass is 503 g/mol. The number of halogens is 1. The number of benzene rings is 2. The van der Waals surface area contributed by atoms with Gasteiger partial charge in [-0.05, 0) is 49.8 Å². The number of anilines is 1. The number of ketones is 1. The summed E-state index contributed by atoms with van der Waals surface area (Å²) in [6.45, 7) is 3.73. The van der Waals surface area contributed by atoms with Crippen molar-refractivity contribution in [3.63, 3.8) is 0 Å². The molecule has 1 atom stereocenters. The molecule has 0 radical (unpaired) electrons. The zero-order valence-corrected chi connectivity index (χ0v) is 20.8. The first kappa shape index (κ1) is 24.9. The summed E-state index contributed by atoms with van der Waals surface area (Å²) < 4.78 is 29.3. The van der Waals surface area contributed by atoms with Crippen molar-refractivity contribution < 1.29 is 18.0 Å². The molecule has 1 unspecified atom stereocenters. The van der Waals surface area contributed by atoms with Crippen LogP contribution in [0.1, 0.15) is 48.5 Å². The molecule has 2 saturated heterocycles. The van der Waals surface area contributed by atoms with E-state index in [1.165, 1.54) is 4.31 Å². The first-order valence-corrected chi connectivity index (χ1v) is 13.5. The molecule has 2 fully saturated rings. The molecule has 9 heteroatoms. The van der Waals surface area contributed by atoms with Crippen molar-refractivity contribution in [3.8, 4) is 0 Å². The number of carbonyl (C=O) groups excluding carboxylic acids is 2. The standard InChI is InChI=1S/C25H30ClN3O4S/c1-18-11-14-28(15-12-18)34(32,33)29-13-5-8-20(17-29)25(31)27-23-10-9-21(26)16-22(23)24(30)19-6-3-2-4-7-19/h2-4,6-7,9-10,16,18,20H,5,8,11-15,17H2,1H3,(H,27,31). The fourth-order valence-electron chi connectivity index (χ4n) is 4.54. The molecule has 7 nitrogen and oxygen atoms in total. The molecule has 2 aliphatic rings. The van der Waals surface area contributed by atoms with E-state index in [0.29, 0.717) is 60.2 Å². The quantitative estimate of drug-likeness (QED) is 0.598. The maximum absolute atomic E-state index is 13.2. The van der Waals surface area contributed by atoms with Gasteiger partial charge >= 0.3 is 0 Å². The summed E-state index contributed by atoms with van der Waals surface area (Å²) in [5, 5.41) is 3.25. The minimum Gasteiger partial charge on any atom is -0.325 e. The van der Waals surface area contributed by atoms with E-state index in [2.05, 4.69) is 12.2 Å². The van der Waals surface area contributed by atoms with Crippen molar-refractivity contribution in [2.45, 2.75) is 32.6 Å². The highest BCUT2D eigenvalue weighted by molar-refractivity contribution is 7.86. The smallest absolute Gasteiger partial charge is 0.281 e. The predicted molar refractivity (Wildman–Crippen MR) is 133 cm³/mol. The van der Waals surface area contributed by atoms with Gasteiger partial charge in [-0.2, -0.15) is 17.0 Å². The normalized spacial score (nSPS) is 20.7. The van der Waals surface area contributed by atoms with E-state index in [4.69, 9.17) is 11.6 Å². The maximum atomic E-state index is 13.2. The topological polar surface area (TPSA) is 86.8 Å². The lowest BCUT2D eigenvalue weighted by atomic mass is 9.97. The first-order valence-electron chi connectivity index (χ1n) is 11.7. The summed E-state index contributed by atoms with van der Waals surface area (Å²) in [5.41, 5.74) is 1.16. The Morgan fingerprint density at radius 3 is 2.38 bits per heavy atom. The number of nitrogens with zero attached hydrogens (tertiary/aromatic N) is 2. The van der Waals surface area contributed by atoms with Crippen molar-refractivity contribution in [3.05, 3.63) is 64.7 Å². The lowest BCUT2D eigenvalue weighted by Crippen LogP contribution is -2.51. The van der Waals surface area contributed by atoms with E-state index >= 15 is 0 Å². The molecule has 2 aromatic carbocycles. The lowest BCUT2D eigenvalue weighted by molar-refractivity contribution is -0.120. The third-order valence-corrected chi connectivity index (χ3v) is 8.91. The van der Waals surface area contributed by atoms with Crippen LogP contribution in [0, 0.1) is 11.8 Å². The van der Waals surface area contributed by atoms with Crippen LogP contribution in [-0.2, 0) is 15.0 Å². The second-order valence-electron chi connectivity index (χ2n) is 9.16. The number of hydrogen-bond acceptors (Lipinski definition) is 4. The van der Waals surface area contributed by atoms with Crippen LogP contribution < -0.4 is 5.32 Å². The summed E-state index contributed by atoms with van der Waals surface area (Å²) in [5.74, 6) is -0.511. The van der Waals surface area contributed by atoms with E-state index in [-0.39, 0.29) is 18.2 Å². The Bertz CT molecular complexity index is 1150. The Hall–Kier alpha value is -2.26. The average molecular weight is 504 g/mol. The molecule has 2 heterocycles. The third kappa shape index (κ3) is 5.51. The Labute approximate surface area is 206 Å². The molecule has 2 aromatic rings. The molecule has 0 aromatic heterocycles. The van der Waals surface area contributed by atoms with Gasteiger partial charge < -0.3 is 5.32 Å². The van der Waals surface area contributed by atoms with Crippen LogP contribution in [0.3, 0.4) is 0 Å². The van der Waals surface area contributed by atoms with Crippen LogP contribution in [0.25, 0.3) is 0 Å². The van der Waals surface area contributed by atoms with Crippen molar-refractivity contribution in [1.82, 2.24) is 8.61 Å². The maximum Gasteiger partial charge on any atom is 0.281 e. The van der Waals surface area contributed by atoms with Gasteiger partial charge in [-0.15, -0.1) is 0 Å². The molecule has 0 bridgehead atoms. The van der Waals surface area contributed by atoms with Crippen LogP contribution in [0.5, 0.6) is 0 Å². The van der Waals surface area contributed by atoms with Crippen molar-refractivity contribution >= 4 is 39.2 Å². The number of amides is 1. The molecule has 4 rings (SSSR count). The predicted octanol–water partition coefficient (Wildman–Crippen LogP) is 4.20. The Balaban J connectivity index is 1.48. The summed E-state index contributed by atoms with van der Waals surface area (Å²) in [7, 11) is -3.60. The number of hydrogen-bond donors (Lipinski definition) is 1. The molecule has 182 valence electrons. The second-order valence-corrected chi connectivity index (χ2v) is 11.5. The SMILES string of the molecule is CC1CCN(S(=O)(=O)N2CCCC(C(=O)Nc3ccc(Cl)cc3C(=O)c3ccccc3)C2)CC1. The van der Waals surface area contributed by atoms with E-state index in [0.717, 1.165) is 12.8 Å². The highest BCUT2D eigenvalue weighted by Gasteiger charge is 2.37. The number of piperidine rings is 2. The summed E-state index contributed by atoms with van der Waals surface area (Å²) in [4.78, 5) is 26.2. The summed E-state index contributed by atoms with van der Waals surface area (Å²) >= 11 is 6.14. The van der Waals surface area contributed by atoms with E-state index < -0.39 is 16.1 Å². The molecule has 34 heavy (non-hydrogen) atoms. The van der Waals surface area contributed by atoms with Gasteiger partial charge in [-0.1, -0.05) is 48.9 Å². The minimum atomic E-state index is -3.60. The lowest BCUT2D eigenvalue weighted by Gasteiger charge is -2.37. The van der Waals surface area contributed by atoms with E-state index in [9.17, 15) is 18.0 Å². The largest absolute Gasteiger partial charge is 0.325 e. The molecule has 2 aliphatic heterocycles. The molecule has 1 N–H and O–H groups in total. The average Bonchev–Trinajstić information content (AvgIpc) is 2.85. The van der Waals surface area contributed by atoms with Crippen molar-refractivity contribution in [2.75, 3.05) is 31.5 Å². The summed E-state index contributed by atoms with van der Waals surface area (Å²) in [6.07, 6.45) is 2.90. The highest BCUT2D eigenvalue weighted by Crippen LogP contribution is 2.28. The van der Waals surface area contributed by atoms with Gasteiger partial charge in [-0.3, -0.25) is 9.59 Å². The molecule has 0 aliphatic carbocycles. The van der Waals surface area contributed by atoms with Gasteiger partial charge in [0.2, 0.25) is 5.91 Å². The van der Waals surface area contributed by atoms with Crippen molar-refractivity contribution in [1.29, 1.82) is 0 Å². The van der Waals surface area contributed by atoms with Crippen LogP contribution in [0.2, 0.25) is 5.02 Å². The first-order chi connectivity index (χ1) is 16.3. The Morgan fingerprint density at radius 2 is 1.68 bits per heavy atom. The molecule has 0 spiro atoms. The van der Waals surface area contributed by atoms with Gasteiger partial charge in [0.15, 0.2) is 5.78 Å². The van der Waals surface area contributed by atoms with Crippen LogP contribution in [0.15, 0.2) is 48.5 Å². The number of rotatable bonds is 6. The number of nitrogens with one attached hydrogen (secondary N) is 1. The molecule has 0 saturated carbocycles. The molecule has 1 amide bonds. The van der Waals surface area contributed by atoms with Crippen LogP contribution in [0.4, 0.5) is 5.69 Å². The van der Waals surface area contributed by atoms with Crippen LogP contribution >= 0.6 is 11.6 Å². The fraction of sp³-hybridized carbons (Fsp3) is 0.440. The number of carbonyl (C=O) groups is 2. The minimum absolute atomic E-state index is 0.135. The Morgan fingerprint density at radius 1 is 0.971 bits per heavy atom. The molecular weight excluding hydrogens is 474 g/mol. The Kier molecular flexibility index (Phi) is 7.72.